The highest BCUT2D eigenvalue weighted by Gasteiger charge is 2.36. The summed E-state index contributed by atoms with van der Waals surface area (Å²) in [6.07, 6.45) is 8.75. The number of carbonyl (C=O) groups excluding carboxylic acids is 2. The van der Waals surface area contributed by atoms with Gasteiger partial charge in [-0.05, 0) is 12.8 Å². The lowest BCUT2D eigenvalue weighted by Crippen LogP contribution is -2.51. The Balaban J connectivity index is 1.56. The highest BCUT2D eigenvalue weighted by molar-refractivity contribution is 8.00. The molecule has 1 aromatic rings. The third-order valence-electron chi connectivity index (χ3n) is 4.65. The van der Waals surface area contributed by atoms with Crippen LogP contribution < -0.4 is 0 Å². The number of aromatic nitrogens is 2. The number of hydrogen-bond donors (Lipinski definition) is 0. The predicted molar refractivity (Wildman–Crippen MR) is 87.0 cm³/mol. The maximum Gasteiger partial charge on any atom is 0.223 e. The van der Waals surface area contributed by atoms with Crippen LogP contribution in [0.2, 0.25) is 0 Å². The second-order valence-corrected chi connectivity index (χ2v) is 7.52. The largest absolute Gasteiger partial charge is 0.338 e. The molecule has 0 aromatic carbocycles. The van der Waals surface area contributed by atoms with Gasteiger partial charge < -0.3 is 4.90 Å². The molecular weight excluding hydrogens is 298 g/mol. The minimum atomic E-state index is 0.00743. The molecular formula is C16H23N3O2S. The maximum atomic E-state index is 12.5. The Morgan fingerprint density at radius 2 is 2.14 bits per heavy atom. The van der Waals surface area contributed by atoms with Crippen LogP contribution in [0.5, 0.6) is 0 Å². The van der Waals surface area contributed by atoms with Crippen molar-refractivity contribution in [3.63, 3.8) is 0 Å². The standard InChI is InChI=1S/C16H23N3O2S/c1-18-11-12(10-17-18)14(20)6-7-16(21)19-8-9-22-15-5-3-2-4-13(15)19/h10-11,13,15H,2-9H2,1H3/t13-,15+/m1/s1. The Morgan fingerprint density at radius 1 is 1.32 bits per heavy atom. The number of thioether (sulfide) groups is 1. The van der Waals surface area contributed by atoms with E-state index in [1.54, 1.807) is 24.1 Å². The second kappa shape index (κ2) is 6.86. The van der Waals surface area contributed by atoms with Gasteiger partial charge in [-0.25, -0.2) is 0 Å². The van der Waals surface area contributed by atoms with Gasteiger partial charge in [0.05, 0.1) is 11.8 Å². The summed E-state index contributed by atoms with van der Waals surface area (Å²) < 4.78 is 1.61. The van der Waals surface area contributed by atoms with Gasteiger partial charge in [0.2, 0.25) is 5.91 Å². The number of hydrogen-bond acceptors (Lipinski definition) is 4. The van der Waals surface area contributed by atoms with Gasteiger partial charge in [-0.2, -0.15) is 16.9 Å². The van der Waals surface area contributed by atoms with Crippen molar-refractivity contribution in [2.45, 2.75) is 49.8 Å². The molecule has 2 atom stereocenters. The van der Waals surface area contributed by atoms with Crippen LogP contribution in [0.15, 0.2) is 12.4 Å². The maximum absolute atomic E-state index is 12.5. The van der Waals surface area contributed by atoms with Crippen molar-refractivity contribution in [2.24, 2.45) is 7.05 Å². The fourth-order valence-corrected chi connectivity index (χ4v) is 4.92. The summed E-state index contributed by atoms with van der Waals surface area (Å²) in [5.41, 5.74) is 0.597. The summed E-state index contributed by atoms with van der Waals surface area (Å²) in [4.78, 5) is 26.7. The first kappa shape index (κ1) is 15.6. The Bertz CT molecular complexity index is 555. The smallest absolute Gasteiger partial charge is 0.223 e. The van der Waals surface area contributed by atoms with Crippen LogP contribution in [0, 0.1) is 0 Å². The molecule has 2 fully saturated rings. The van der Waals surface area contributed by atoms with E-state index in [1.165, 1.54) is 19.3 Å². The van der Waals surface area contributed by atoms with E-state index in [0.29, 0.717) is 23.3 Å². The van der Waals surface area contributed by atoms with E-state index in [-0.39, 0.29) is 18.1 Å². The van der Waals surface area contributed by atoms with Crippen LogP contribution in [0.1, 0.15) is 48.9 Å². The van der Waals surface area contributed by atoms with E-state index in [1.807, 2.05) is 11.8 Å². The van der Waals surface area contributed by atoms with Gasteiger partial charge in [-0.1, -0.05) is 12.8 Å². The van der Waals surface area contributed by atoms with Crippen molar-refractivity contribution < 1.29 is 9.59 Å². The van der Waals surface area contributed by atoms with Gasteiger partial charge in [0.1, 0.15) is 0 Å². The zero-order valence-corrected chi connectivity index (χ0v) is 13.8. The first-order valence-corrected chi connectivity index (χ1v) is 9.13. The second-order valence-electron chi connectivity index (χ2n) is 6.17. The molecule has 1 amide bonds. The summed E-state index contributed by atoms with van der Waals surface area (Å²) in [5, 5.41) is 4.62. The number of ketones is 1. The van der Waals surface area contributed by atoms with Gasteiger partial charge in [-0.15, -0.1) is 0 Å². The van der Waals surface area contributed by atoms with Gasteiger partial charge >= 0.3 is 0 Å². The van der Waals surface area contributed by atoms with Crippen LogP contribution in [-0.2, 0) is 11.8 Å². The average molecular weight is 321 g/mol. The molecule has 3 rings (SSSR count). The number of rotatable bonds is 4. The van der Waals surface area contributed by atoms with Crippen molar-refractivity contribution in [1.29, 1.82) is 0 Å². The molecule has 0 N–H and O–H groups in total. The van der Waals surface area contributed by atoms with Crippen molar-refractivity contribution in [2.75, 3.05) is 12.3 Å². The monoisotopic (exact) mass is 321 g/mol. The molecule has 22 heavy (non-hydrogen) atoms. The van der Waals surface area contributed by atoms with Crippen LogP contribution in [0.25, 0.3) is 0 Å². The zero-order chi connectivity index (χ0) is 15.5. The lowest BCUT2D eigenvalue weighted by atomic mass is 9.93. The van der Waals surface area contributed by atoms with Gasteiger partial charge in [0.15, 0.2) is 5.78 Å². The molecule has 120 valence electrons. The number of aryl methyl sites for hydroxylation is 1. The van der Waals surface area contributed by atoms with Crippen LogP contribution in [0.4, 0.5) is 0 Å². The van der Waals surface area contributed by atoms with E-state index in [0.717, 1.165) is 18.7 Å². The van der Waals surface area contributed by atoms with Gasteiger partial charge in [0, 0.05) is 49.7 Å². The number of carbonyl (C=O) groups is 2. The summed E-state index contributed by atoms with van der Waals surface area (Å²) in [5.74, 6) is 1.19. The van der Waals surface area contributed by atoms with Crippen LogP contribution in [0.3, 0.4) is 0 Å². The molecule has 0 spiro atoms. The average Bonchev–Trinajstić information content (AvgIpc) is 2.98. The molecule has 6 heteroatoms. The summed E-state index contributed by atoms with van der Waals surface area (Å²) in [6, 6.07) is 0.397. The van der Waals surface area contributed by atoms with E-state index in [4.69, 9.17) is 0 Å². The fraction of sp³-hybridized carbons (Fsp3) is 0.688. The van der Waals surface area contributed by atoms with Crippen LogP contribution >= 0.6 is 11.8 Å². The summed E-state index contributed by atoms with van der Waals surface area (Å²) in [7, 11) is 1.79. The first-order valence-electron chi connectivity index (χ1n) is 8.08. The number of amides is 1. The number of nitrogens with zero attached hydrogens (tertiary/aromatic N) is 3. The summed E-state index contributed by atoms with van der Waals surface area (Å²) in [6.45, 7) is 0.839. The molecule has 0 radical (unpaired) electrons. The van der Waals surface area contributed by atoms with Crippen molar-refractivity contribution in [3.05, 3.63) is 18.0 Å². The minimum Gasteiger partial charge on any atom is -0.338 e. The topological polar surface area (TPSA) is 55.2 Å². The molecule has 5 nitrogen and oxygen atoms in total. The molecule has 1 saturated carbocycles. The molecule has 2 aliphatic rings. The predicted octanol–water partition coefficient (Wildman–Crippen LogP) is 2.27. The highest BCUT2D eigenvalue weighted by atomic mass is 32.2. The number of Topliss-reactive ketones (excluding diaryl/α,β-unsaturated/α-hetero) is 1. The van der Waals surface area contributed by atoms with E-state index >= 15 is 0 Å². The fourth-order valence-electron chi connectivity index (χ4n) is 3.48. The Morgan fingerprint density at radius 3 is 2.91 bits per heavy atom. The lowest BCUT2D eigenvalue weighted by molar-refractivity contribution is -0.133. The third-order valence-corrected chi connectivity index (χ3v) is 6.04. The van der Waals surface area contributed by atoms with E-state index < -0.39 is 0 Å². The molecule has 0 unspecified atom stereocenters. The minimum absolute atomic E-state index is 0.00743. The Hall–Kier alpha value is -1.30. The number of fused-ring (bicyclic) bond motifs is 1. The first-order chi connectivity index (χ1) is 10.6. The molecule has 1 aromatic heterocycles. The normalized spacial score (nSPS) is 24.9. The molecule has 1 aliphatic carbocycles. The van der Waals surface area contributed by atoms with Crippen molar-refractivity contribution in [1.82, 2.24) is 14.7 Å². The summed E-state index contributed by atoms with van der Waals surface area (Å²) >= 11 is 2.02. The van der Waals surface area contributed by atoms with Crippen molar-refractivity contribution >= 4 is 23.5 Å². The SMILES string of the molecule is Cn1cc(C(=O)CCC(=O)N2CCS[C@H]3CCCC[C@H]32)cn1. The molecule has 2 heterocycles. The molecule has 1 saturated heterocycles. The molecule has 1 aliphatic heterocycles. The van der Waals surface area contributed by atoms with E-state index in [2.05, 4.69) is 10.00 Å². The van der Waals surface area contributed by atoms with Gasteiger partial charge in [0.25, 0.3) is 0 Å². The quantitative estimate of drug-likeness (QED) is 0.798. The molecule has 0 bridgehead atoms. The van der Waals surface area contributed by atoms with Gasteiger partial charge in [-0.3, -0.25) is 14.3 Å². The van der Waals surface area contributed by atoms with Crippen LogP contribution in [-0.4, -0.2) is 50.0 Å². The third kappa shape index (κ3) is 3.37. The van der Waals surface area contributed by atoms with E-state index in [9.17, 15) is 9.59 Å². The highest BCUT2D eigenvalue weighted by Crippen LogP contribution is 2.35. The zero-order valence-electron chi connectivity index (χ0n) is 13.0. The van der Waals surface area contributed by atoms with Crippen molar-refractivity contribution in [3.8, 4) is 0 Å². The lowest BCUT2D eigenvalue weighted by Gasteiger charge is -2.43. The Kier molecular flexibility index (Phi) is 4.86. The Labute approximate surface area is 135 Å².